The Morgan fingerprint density at radius 2 is 1.79 bits per heavy atom. The molecule has 0 radical (unpaired) electrons. The summed E-state index contributed by atoms with van der Waals surface area (Å²) in [6.45, 7) is 1.75. The molecule has 0 spiro atoms. The first-order chi connectivity index (χ1) is 15.9. The third kappa shape index (κ3) is 6.46. The molecular formula is C26H33FN2O4. The van der Waals surface area contributed by atoms with Gasteiger partial charge in [0.2, 0.25) is 11.8 Å². The maximum absolute atomic E-state index is 14.3. The molecule has 7 heteroatoms. The molecule has 33 heavy (non-hydrogen) atoms. The van der Waals surface area contributed by atoms with Crippen molar-refractivity contribution < 1.29 is 23.5 Å². The molecule has 0 aromatic heterocycles. The van der Waals surface area contributed by atoms with E-state index in [0.29, 0.717) is 23.5 Å². The summed E-state index contributed by atoms with van der Waals surface area (Å²) in [6, 6.07) is 11.3. The highest BCUT2D eigenvalue weighted by Crippen LogP contribution is 2.28. The van der Waals surface area contributed by atoms with Gasteiger partial charge in [0.1, 0.15) is 11.9 Å². The number of carbonyl (C=O) groups is 2. The molecule has 1 aliphatic carbocycles. The lowest BCUT2D eigenvalue weighted by Gasteiger charge is -2.30. The molecule has 1 aliphatic rings. The maximum atomic E-state index is 14.3. The van der Waals surface area contributed by atoms with Crippen LogP contribution < -0.4 is 14.8 Å². The number of methoxy groups -OCH3 is 2. The van der Waals surface area contributed by atoms with Crippen LogP contribution in [0, 0.1) is 5.82 Å². The van der Waals surface area contributed by atoms with E-state index in [1.807, 2.05) is 12.1 Å². The molecule has 0 unspecified atom stereocenters. The summed E-state index contributed by atoms with van der Waals surface area (Å²) in [5.74, 6) is 0.416. The van der Waals surface area contributed by atoms with Gasteiger partial charge in [0.05, 0.1) is 14.2 Å². The Morgan fingerprint density at radius 3 is 2.45 bits per heavy atom. The van der Waals surface area contributed by atoms with Crippen LogP contribution in [0.15, 0.2) is 42.5 Å². The van der Waals surface area contributed by atoms with Gasteiger partial charge in [-0.1, -0.05) is 37.1 Å². The van der Waals surface area contributed by atoms with Crippen molar-refractivity contribution in [1.82, 2.24) is 10.2 Å². The standard InChI is InChI=1S/C26H33FN2O4/c1-18(26(31)28-21-9-5-6-10-21)29(17-20-8-4-7-11-22(20)27)25(30)15-13-19-12-14-23(32-2)24(16-19)33-3/h4,7-8,11-12,14,16,18,21H,5-6,9-10,13,15,17H2,1-3H3,(H,28,31)/t18-/m1/s1. The SMILES string of the molecule is COc1ccc(CCC(=O)N(Cc2ccccc2F)[C@H](C)C(=O)NC2CCCC2)cc1OC. The van der Waals surface area contributed by atoms with E-state index < -0.39 is 11.9 Å². The molecule has 2 aromatic carbocycles. The molecule has 0 heterocycles. The van der Waals surface area contributed by atoms with Gasteiger partial charge in [-0.2, -0.15) is 0 Å². The molecule has 0 aliphatic heterocycles. The number of halogens is 1. The van der Waals surface area contributed by atoms with Gasteiger partial charge in [-0.15, -0.1) is 0 Å². The molecular weight excluding hydrogens is 423 g/mol. The highest BCUT2D eigenvalue weighted by Gasteiger charge is 2.28. The van der Waals surface area contributed by atoms with Crippen molar-refractivity contribution in [2.24, 2.45) is 0 Å². The first-order valence-electron chi connectivity index (χ1n) is 11.5. The van der Waals surface area contributed by atoms with Crippen LogP contribution in [-0.2, 0) is 22.6 Å². The molecule has 1 saturated carbocycles. The largest absolute Gasteiger partial charge is 0.493 e. The van der Waals surface area contributed by atoms with Crippen molar-refractivity contribution in [3.63, 3.8) is 0 Å². The van der Waals surface area contributed by atoms with Crippen LogP contribution in [0.4, 0.5) is 4.39 Å². The molecule has 2 amide bonds. The number of nitrogens with zero attached hydrogens (tertiary/aromatic N) is 1. The van der Waals surface area contributed by atoms with Crippen molar-refractivity contribution in [2.45, 2.75) is 64.1 Å². The second kappa shape index (κ2) is 11.7. The quantitative estimate of drug-likeness (QED) is 0.580. The summed E-state index contributed by atoms with van der Waals surface area (Å²) in [5, 5.41) is 3.06. The fourth-order valence-electron chi connectivity index (χ4n) is 4.22. The van der Waals surface area contributed by atoms with E-state index in [4.69, 9.17) is 9.47 Å². The fourth-order valence-corrected chi connectivity index (χ4v) is 4.22. The van der Waals surface area contributed by atoms with Crippen LogP contribution in [0.3, 0.4) is 0 Å². The Balaban J connectivity index is 1.73. The highest BCUT2D eigenvalue weighted by molar-refractivity contribution is 5.87. The summed E-state index contributed by atoms with van der Waals surface area (Å²) in [4.78, 5) is 27.7. The van der Waals surface area contributed by atoms with Crippen molar-refractivity contribution >= 4 is 11.8 Å². The van der Waals surface area contributed by atoms with E-state index in [9.17, 15) is 14.0 Å². The molecule has 178 valence electrons. The van der Waals surface area contributed by atoms with Gasteiger partial charge in [0.25, 0.3) is 0 Å². The van der Waals surface area contributed by atoms with Crippen molar-refractivity contribution in [3.8, 4) is 11.5 Å². The number of aryl methyl sites for hydroxylation is 1. The molecule has 2 aromatic rings. The van der Waals surface area contributed by atoms with Crippen LogP contribution in [0.25, 0.3) is 0 Å². The Labute approximate surface area is 195 Å². The van der Waals surface area contributed by atoms with Crippen LogP contribution in [0.2, 0.25) is 0 Å². The van der Waals surface area contributed by atoms with E-state index in [-0.39, 0.29) is 30.8 Å². The Hall–Kier alpha value is -3.09. The second-order valence-electron chi connectivity index (χ2n) is 8.47. The fraction of sp³-hybridized carbons (Fsp3) is 0.462. The number of benzene rings is 2. The summed E-state index contributed by atoms with van der Waals surface area (Å²) in [6.07, 6.45) is 4.76. The van der Waals surface area contributed by atoms with Crippen molar-refractivity contribution in [3.05, 3.63) is 59.4 Å². The zero-order chi connectivity index (χ0) is 23.8. The molecule has 1 N–H and O–H groups in total. The van der Waals surface area contributed by atoms with Crippen LogP contribution in [0.1, 0.15) is 50.2 Å². The monoisotopic (exact) mass is 456 g/mol. The lowest BCUT2D eigenvalue weighted by Crippen LogP contribution is -2.49. The topological polar surface area (TPSA) is 67.9 Å². The number of amides is 2. The lowest BCUT2D eigenvalue weighted by atomic mass is 10.1. The number of nitrogens with one attached hydrogen (secondary N) is 1. The second-order valence-corrected chi connectivity index (χ2v) is 8.47. The minimum atomic E-state index is -0.705. The van der Waals surface area contributed by atoms with Crippen LogP contribution in [-0.4, -0.2) is 43.0 Å². The van der Waals surface area contributed by atoms with Gasteiger partial charge >= 0.3 is 0 Å². The summed E-state index contributed by atoms with van der Waals surface area (Å²) in [7, 11) is 3.13. The van der Waals surface area contributed by atoms with E-state index in [0.717, 1.165) is 31.2 Å². The summed E-state index contributed by atoms with van der Waals surface area (Å²) >= 11 is 0. The summed E-state index contributed by atoms with van der Waals surface area (Å²) < 4.78 is 25.0. The minimum Gasteiger partial charge on any atom is -0.493 e. The number of hydrogen-bond donors (Lipinski definition) is 1. The minimum absolute atomic E-state index is 0.0384. The summed E-state index contributed by atoms with van der Waals surface area (Å²) in [5.41, 5.74) is 1.30. The van der Waals surface area contributed by atoms with Gasteiger partial charge in [0, 0.05) is 24.6 Å². The van der Waals surface area contributed by atoms with Crippen molar-refractivity contribution in [2.75, 3.05) is 14.2 Å². The number of ether oxygens (including phenoxy) is 2. The number of rotatable bonds is 10. The van der Waals surface area contributed by atoms with Gasteiger partial charge in [-0.3, -0.25) is 9.59 Å². The Bertz CT molecular complexity index is 959. The van der Waals surface area contributed by atoms with Gasteiger partial charge in [0.15, 0.2) is 11.5 Å². The van der Waals surface area contributed by atoms with Gasteiger partial charge < -0.3 is 19.7 Å². The predicted octanol–water partition coefficient (Wildman–Crippen LogP) is 4.25. The lowest BCUT2D eigenvalue weighted by molar-refractivity contribution is -0.140. The van der Waals surface area contributed by atoms with Gasteiger partial charge in [-0.05, 0) is 49.9 Å². The predicted molar refractivity (Wildman–Crippen MR) is 125 cm³/mol. The normalized spacial score (nSPS) is 14.5. The molecule has 1 atom stereocenters. The van der Waals surface area contributed by atoms with Crippen LogP contribution >= 0.6 is 0 Å². The Kier molecular flexibility index (Phi) is 8.69. The first kappa shape index (κ1) is 24.6. The molecule has 0 bridgehead atoms. The zero-order valence-corrected chi connectivity index (χ0v) is 19.6. The van der Waals surface area contributed by atoms with Crippen molar-refractivity contribution in [1.29, 1.82) is 0 Å². The highest BCUT2D eigenvalue weighted by atomic mass is 19.1. The molecule has 6 nitrogen and oxygen atoms in total. The third-order valence-electron chi connectivity index (χ3n) is 6.24. The van der Waals surface area contributed by atoms with E-state index in [2.05, 4.69) is 5.32 Å². The first-order valence-corrected chi connectivity index (χ1v) is 11.5. The molecule has 0 saturated heterocycles. The van der Waals surface area contributed by atoms with E-state index in [1.54, 1.807) is 45.4 Å². The van der Waals surface area contributed by atoms with E-state index in [1.165, 1.54) is 11.0 Å². The Morgan fingerprint density at radius 1 is 1.09 bits per heavy atom. The van der Waals surface area contributed by atoms with Gasteiger partial charge in [-0.25, -0.2) is 4.39 Å². The van der Waals surface area contributed by atoms with E-state index >= 15 is 0 Å². The zero-order valence-electron chi connectivity index (χ0n) is 19.6. The number of hydrogen-bond acceptors (Lipinski definition) is 4. The average molecular weight is 457 g/mol. The number of carbonyl (C=O) groups excluding carboxylic acids is 2. The molecule has 1 fully saturated rings. The average Bonchev–Trinajstić information content (AvgIpc) is 3.34. The molecule has 3 rings (SSSR count). The third-order valence-corrected chi connectivity index (χ3v) is 6.24. The van der Waals surface area contributed by atoms with Crippen LogP contribution in [0.5, 0.6) is 11.5 Å². The maximum Gasteiger partial charge on any atom is 0.242 e. The smallest absolute Gasteiger partial charge is 0.242 e.